The quantitative estimate of drug-likeness (QED) is 0.365. The van der Waals surface area contributed by atoms with E-state index in [4.69, 9.17) is 0 Å². The van der Waals surface area contributed by atoms with Gasteiger partial charge in [-0.2, -0.15) is 0 Å². The molecule has 0 spiro atoms. The summed E-state index contributed by atoms with van der Waals surface area (Å²) >= 11 is 0. The van der Waals surface area contributed by atoms with Gasteiger partial charge in [-0.1, -0.05) is 60.1 Å². The number of nitrogens with zero attached hydrogens (tertiary/aromatic N) is 2. The Hall–Kier alpha value is -1.71. The zero-order valence-corrected chi connectivity index (χ0v) is 24.3. The summed E-state index contributed by atoms with van der Waals surface area (Å²) in [6.07, 6.45) is 18.4. The highest BCUT2D eigenvalue weighted by molar-refractivity contribution is 5.86. The van der Waals surface area contributed by atoms with Crippen LogP contribution in [0.5, 0.6) is 0 Å². The number of hydrogen-bond donors (Lipinski definition) is 0. The summed E-state index contributed by atoms with van der Waals surface area (Å²) in [7, 11) is 0. The lowest BCUT2D eigenvalue weighted by Crippen LogP contribution is -2.64. The highest BCUT2D eigenvalue weighted by atomic mass is 16.2. The highest BCUT2D eigenvalue weighted by Crippen LogP contribution is 2.75. The lowest BCUT2D eigenvalue weighted by molar-refractivity contribution is -0.183. The van der Waals surface area contributed by atoms with Crippen LogP contribution < -0.4 is 0 Å². The van der Waals surface area contributed by atoms with Crippen LogP contribution in [-0.2, 0) is 4.79 Å². The standard InChI is InChI=1S/C33H48N2O2/c1-28(2)14-16-33(27(37)35-19-18-34-21-35)17-15-31(6)22(23(33)20-28)8-9-25-30(5)12-11-26(36)29(3,4)24(30)10-13-32(25,31)7/h8,18-19,21,23-25H,9-17,20H2,1-7H3/t23-,24-,25+,30-,31+,32+,33-/m0/s1. The minimum absolute atomic E-state index is 0.103. The number of Topliss-reactive ketones (excluding diaryl/α,β-unsaturated/α-hetero) is 1. The third-order valence-electron chi connectivity index (χ3n) is 13.5. The second-order valence-corrected chi connectivity index (χ2v) is 15.8. The van der Waals surface area contributed by atoms with Gasteiger partial charge in [-0.3, -0.25) is 14.2 Å². The second-order valence-electron chi connectivity index (χ2n) is 15.8. The molecular formula is C33H48N2O2. The molecule has 0 aliphatic heterocycles. The number of fused-ring (bicyclic) bond motifs is 7. The Morgan fingerprint density at radius 3 is 2.38 bits per heavy atom. The molecule has 0 saturated heterocycles. The summed E-state index contributed by atoms with van der Waals surface area (Å²) < 4.78 is 1.77. The van der Waals surface area contributed by atoms with Crippen LogP contribution in [0.3, 0.4) is 0 Å². The molecule has 4 fully saturated rings. The lowest BCUT2D eigenvalue weighted by Gasteiger charge is -2.70. The molecule has 0 N–H and O–H groups in total. The molecule has 5 aliphatic carbocycles. The summed E-state index contributed by atoms with van der Waals surface area (Å²) in [5, 5.41) is 0. The summed E-state index contributed by atoms with van der Waals surface area (Å²) in [5.74, 6) is 2.11. The molecule has 1 heterocycles. The normalized spacial score (nSPS) is 46.1. The number of carbonyl (C=O) groups is 2. The van der Waals surface area contributed by atoms with Crippen LogP contribution in [0.25, 0.3) is 0 Å². The van der Waals surface area contributed by atoms with Crippen molar-refractivity contribution in [1.29, 1.82) is 0 Å². The average Bonchev–Trinajstić information content (AvgIpc) is 3.36. The van der Waals surface area contributed by atoms with Crippen molar-refractivity contribution in [3.05, 3.63) is 30.4 Å². The Bertz CT molecular complexity index is 1160. The van der Waals surface area contributed by atoms with Gasteiger partial charge in [0.15, 0.2) is 0 Å². The van der Waals surface area contributed by atoms with Gasteiger partial charge in [0.25, 0.3) is 0 Å². The minimum atomic E-state index is -0.314. The van der Waals surface area contributed by atoms with E-state index in [9.17, 15) is 9.59 Å². The van der Waals surface area contributed by atoms with E-state index in [1.807, 2.05) is 6.20 Å². The summed E-state index contributed by atoms with van der Waals surface area (Å²) in [6, 6.07) is 0. The van der Waals surface area contributed by atoms with E-state index in [-0.39, 0.29) is 38.4 Å². The molecule has 202 valence electrons. The first-order valence-corrected chi connectivity index (χ1v) is 15.0. The fraction of sp³-hybridized carbons (Fsp3) is 0.788. The second kappa shape index (κ2) is 7.69. The predicted molar refractivity (Wildman–Crippen MR) is 147 cm³/mol. The molecule has 0 aromatic carbocycles. The van der Waals surface area contributed by atoms with E-state index in [1.165, 1.54) is 6.42 Å². The van der Waals surface area contributed by atoms with Crippen LogP contribution >= 0.6 is 0 Å². The van der Waals surface area contributed by atoms with E-state index in [2.05, 4.69) is 59.5 Å². The van der Waals surface area contributed by atoms with Crippen LogP contribution in [0, 0.1) is 50.2 Å². The Morgan fingerprint density at radius 2 is 1.68 bits per heavy atom. The highest BCUT2D eigenvalue weighted by Gasteiger charge is 2.69. The molecular weight excluding hydrogens is 456 g/mol. The molecule has 4 nitrogen and oxygen atoms in total. The van der Waals surface area contributed by atoms with E-state index in [0.717, 1.165) is 57.8 Å². The van der Waals surface area contributed by atoms with Crippen molar-refractivity contribution in [2.45, 2.75) is 113 Å². The molecule has 0 bridgehead atoms. The number of rotatable bonds is 1. The zero-order valence-electron chi connectivity index (χ0n) is 24.3. The van der Waals surface area contributed by atoms with Gasteiger partial charge in [-0.15, -0.1) is 0 Å². The average molecular weight is 505 g/mol. The Balaban J connectivity index is 1.45. The fourth-order valence-corrected chi connectivity index (χ4v) is 11.1. The van der Waals surface area contributed by atoms with Crippen molar-refractivity contribution in [1.82, 2.24) is 9.55 Å². The van der Waals surface area contributed by atoms with E-state index >= 15 is 0 Å². The van der Waals surface area contributed by atoms with Gasteiger partial charge in [0, 0.05) is 24.2 Å². The molecule has 6 rings (SSSR count). The molecule has 5 aliphatic rings. The summed E-state index contributed by atoms with van der Waals surface area (Å²) in [4.78, 5) is 31.4. The van der Waals surface area contributed by atoms with E-state index in [1.54, 1.807) is 22.7 Å². The molecule has 0 amide bonds. The predicted octanol–water partition coefficient (Wildman–Crippen LogP) is 7.89. The van der Waals surface area contributed by atoms with Gasteiger partial charge in [0.2, 0.25) is 5.91 Å². The minimum Gasteiger partial charge on any atom is -0.299 e. The van der Waals surface area contributed by atoms with Crippen LogP contribution in [0.4, 0.5) is 0 Å². The molecule has 1 aromatic heterocycles. The van der Waals surface area contributed by atoms with Gasteiger partial charge in [0.1, 0.15) is 12.1 Å². The summed E-state index contributed by atoms with van der Waals surface area (Å²) in [5.41, 5.74) is 1.82. The molecule has 7 atom stereocenters. The maximum Gasteiger partial charge on any atom is 0.238 e. The van der Waals surface area contributed by atoms with E-state index in [0.29, 0.717) is 23.5 Å². The monoisotopic (exact) mass is 504 g/mol. The lowest BCUT2D eigenvalue weighted by atomic mass is 9.33. The van der Waals surface area contributed by atoms with Gasteiger partial charge < -0.3 is 0 Å². The Morgan fingerprint density at radius 1 is 0.946 bits per heavy atom. The molecule has 0 radical (unpaired) electrons. The Labute approximate surface area is 224 Å². The third kappa shape index (κ3) is 3.16. The van der Waals surface area contributed by atoms with Gasteiger partial charge in [-0.25, -0.2) is 4.98 Å². The maximum atomic E-state index is 14.2. The largest absolute Gasteiger partial charge is 0.299 e. The van der Waals surface area contributed by atoms with Crippen molar-refractivity contribution in [3.8, 4) is 0 Å². The number of aromatic nitrogens is 2. The van der Waals surface area contributed by atoms with Crippen LogP contribution in [0.1, 0.15) is 117 Å². The topological polar surface area (TPSA) is 52.0 Å². The van der Waals surface area contributed by atoms with Gasteiger partial charge in [0.05, 0.1) is 5.41 Å². The number of hydrogen-bond acceptors (Lipinski definition) is 3. The number of allylic oxidation sites excluding steroid dienone is 2. The van der Waals surface area contributed by atoms with Crippen LogP contribution in [0.2, 0.25) is 0 Å². The first kappa shape index (κ1) is 25.6. The van der Waals surface area contributed by atoms with Crippen LogP contribution in [-0.4, -0.2) is 21.2 Å². The van der Waals surface area contributed by atoms with Crippen molar-refractivity contribution in [3.63, 3.8) is 0 Å². The van der Waals surface area contributed by atoms with E-state index < -0.39 is 0 Å². The number of ketones is 1. The molecule has 37 heavy (non-hydrogen) atoms. The first-order valence-electron chi connectivity index (χ1n) is 15.0. The fourth-order valence-electron chi connectivity index (χ4n) is 11.1. The van der Waals surface area contributed by atoms with Crippen molar-refractivity contribution >= 4 is 11.7 Å². The molecule has 1 aromatic rings. The maximum absolute atomic E-state index is 14.2. The zero-order chi connectivity index (χ0) is 26.6. The molecule has 4 heteroatoms. The van der Waals surface area contributed by atoms with Crippen molar-refractivity contribution in [2.24, 2.45) is 50.2 Å². The van der Waals surface area contributed by atoms with Gasteiger partial charge in [-0.05, 0) is 97.2 Å². The van der Waals surface area contributed by atoms with Crippen LogP contribution in [0.15, 0.2) is 30.4 Å². The summed E-state index contributed by atoms with van der Waals surface area (Å²) in [6.45, 7) is 17.0. The first-order chi connectivity index (χ1) is 17.2. The number of carbonyl (C=O) groups excluding carboxylic acids is 2. The molecule has 4 saturated carbocycles. The SMILES string of the molecule is CC1(C)CC[C@]2(C(=O)n3ccnc3)CC[C@]3(C)C(=CC[C@@H]4[C@@]5(C)CCC(=O)C(C)(C)[C@@H]5CC[C@]43C)[C@@H]2C1. The third-order valence-corrected chi connectivity index (χ3v) is 13.5. The van der Waals surface area contributed by atoms with Crippen molar-refractivity contribution < 1.29 is 9.59 Å². The van der Waals surface area contributed by atoms with Gasteiger partial charge >= 0.3 is 0 Å². The smallest absolute Gasteiger partial charge is 0.238 e. The Kier molecular flexibility index (Phi) is 5.31. The molecule has 0 unspecified atom stereocenters. The number of imidazole rings is 1. The van der Waals surface area contributed by atoms with Crippen molar-refractivity contribution in [2.75, 3.05) is 0 Å².